The Hall–Kier alpha value is -3.78. The second-order valence-electron chi connectivity index (χ2n) is 6.51. The van der Waals surface area contributed by atoms with Crippen LogP contribution in [-0.4, -0.2) is 22.4 Å². The molecular formula is C22H17N3O4S. The molecular weight excluding hydrogens is 402 g/mol. The van der Waals surface area contributed by atoms with E-state index in [4.69, 9.17) is 4.74 Å². The van der Waals surface area contributed by atoms with Gasteiger partial charge in [0.05, 0.1) is 20.1 Å². The Balaban J connectivity index is 1.34. The Morgan fingerprint density at radius 1 is 1.03 bits per heavy atom. The quantitative estimate of drug-likeness (QED) is 0.343. The first kappa shape index (κ1) is 19.5. The zero-order chi connectivity index (χ0) is 20.9. The summed E-state index contributed by atoms with van der Waals surface area (Å²) in [4.78, 5) is 27.2. The van der Waals surface area contributed by atoms with E-state index < -0.39 is 10.8 Å². The number of hydrogen-bond acceptors (Lipinski definition) is 6. The normalized spacial score (nSPS) is 10.7. The van der Waals surface area contributed by atoms with E-state index in [1.165, 1.54) is 12.1 Å². The molecule has 1 heterocycles. The number of nitro groups is 1. The highest BCUT2D eigenvalue weighted by Crippen LogP contribution is 2.26. The Morgan fingerprint density at radius 3 is 2.53 bits per heavy atom. The van der Waals surface area contributed by atoms with Gasteiger partial charge in [-0.3, -0.25) is 14.9 Å². The summed E-state index contributed by atoms with van der Waals surface area (Å²) < 4.78 is 6.47. The van der Waals surface area contributed by atoms with Crippen molar-refractivity contribution in [2.24, 2.45) is 0 Å². The number of para-hydroxylation sites is 3. The van der Waals surface area contributed by atoms with Crippen molar-refractivity contribution in [1.82, 2.24) is 4.98 Å². The molecule has 1 N–H and O–H groups in total. The van der Waals surface area contributed by atoms with E-state index in [9.17, 15) is 14.9 Å². The largest absolute Gasteiger partial charge is 0.477 e. The number of hydrogen-bond donors (Lipinski definition) is 1. The molecule has 4 rings (SSSR count). The Morgan fingerprint density at radius 2 is 1.77 bits per heavy atom. The SMILES string of the molecule is O=C(COc1ccccc1[N+](=O)[O-])Nc1ccc(Cc2nc3ccccc3s2)cc1. The Bertz CT molecular complexity index is 1170. The van der Waals surface area contributed by atoms with Gasteiger partial charge in [0.25, 0.3) is 5.91 Å². The summed E-state index contributed by atoms with van der Waals surface area (Å²) in [5.41, 5.74) is 2.53. The molecule has 30 heavy (non-hydrogen) atoms. The van der Waals surface area contributed by atoms with Crippen molar-refractivity contribution >= 4 is 38.8 Å². The van der Waals surface area contributed by atoms with Gasteiger partial charge in [-0.1, -0.05) is 36.4 Å². The summed E-state index contributed by atoms with van der Waals surface area (Å²) >= 11 is 1.67. The monoisotopic (exact) mass is 419 g/mol. The number of thiazole rings is 1. The molecule has 0 bridgehead atoms. The van der Waals surface area contributed by atoms with E-state index in [0.717, 1.165) is 20.8 Å². The summed E-state index contributed by atoms with van der Waals surface area (Å²) in [5.74, 6) is -0.337. The lowest BCUT2D eigenvalue weighted by Crippen LogP contribution is -2.20. The molecule has 4 aromatic rings. The number of rotatable bonds is 7. The molecule has 0 saturated heterocycles. The lowest BCUT2D eigenvalue weighted by Gasteiger charge is -2.08. The smallest absolute Gasteiger partial charge is 0.310 e. The van der Waals surface area contributed by atoms with Gasteiger partial charge < -0.3 is 10.1 Å². The average molecular weight is 419 g/mol. The van der Waals surface area contributed by atoms with E-state index >= 15 is 0 Å². The fourth-order valence-corrected chi connectivity index (χ4v) is 3.95. The zero-order valence-corrected chi connectivity index (χ0v) is 16.6. The minimum absolute atomic E-state index is 0.0591. The summed E-state index contributed by atoms with van der Waals surface area (Å²) in [7, 11) is 0. The second kappa shape index (κ2) is 8.71. The number of aromatic nitrogens is 1. The maximum atomic E-state index is 12.1. The second-order valence-corrected chi connectivity index (χ2v) is 7.63. The minimum Gasteiger partial charge on any atom is -0.477 e. The van der Waals surface area contributed by atoms with E-state index in [1.807, 2.05) is 42.5 Å². The third-order valence-electron chi connectivity index (χ3n) is 4.35. The number of nitrogens with zero attached hydrogens (tertiary/aromatic N) is 2. The lowest BCUT2D eigenvalue weighted by molar-refractivity contribution is -0.385. The van der Waals surface area contributed by atoms with Crippen LogP contribution in [-0.2, 0) is 11.2 Å². The molecule has 0 aliphatic rings. The van der Waals surface area contributed by atoms with Crippen LogP contribution in [0.4, 0.5) is 11.4 Å². The number of amides is 1. The molecule has 1 aromatic heterocycles. The van der Waals surface area contributed by atoms with Crippen molar-refractivity contribution in [2.45, 2.75) is 6.42 Å². The fourth-order valence-electron chi connectivity index (χ4n) is 2.95. The van der Waals surface area contributed by atoms with Gasteiger partial charge in [0.1, 0.15) is 0 Å². The number of benzene rings is 3. The number of carbonyl (C=O) groups is 1. The molecule has 0 saturated carbocycles. The predicted octanol–water partition coefficient (Wildman–Crippen LogP) is 4.81. The van der Waals surface area contributed by atoms with Crippen LogP contribution in [0, 0.1) is 10.1 Å². The van der Waals surface area contributed by atoms with Crippen molar-refractivity contribution in [3.63, 3.8) is 0 Å². The molecule has 8 heteroatoms. The number of ether oxygens (including phenoxy) is 1. The highest BCUT2D eigenvalue weighted by atomic mass is 32.1. The number of nitro benzene ring substituents is 1. The van der Waals surface area contributed by atoms with Crippen molar-refractivity contribution in [1.29, 1.82) is 0 Å². The third-order valence-corrected chi connectivity index (χ3v) is 5.39. The van der Waals surface area contributed by atoms with Crippen molar-refractivity contribution < 1.29 is 14.5 Å². The molecule has 7 nitrogen and oxygen atoms in total. The first-order valence-electron chi connectivity index (χ1n) is 9.18. The van der Waals surface area contributed by atoms with Gasteiger partial charge in [-0.2, -0.15) is 0 Å². The summed E-state index contributed by atoms with van der Waals surface area (Å²) in [6.07, 6.45) is 0.717. The van der Waals surface area contributed by atoms with Gasteiger partial charge in [0.15, 0.2) is 12.4 Å². The first-order chi connectivity index (χ1) is 14.6. The number of carbonyl (C=O) groups excluding carboxylic acids is 1. The van der Waals surface area contributed by atoms with E-state index in [-0.39, 0.29) is 18.0 Å². The topological polar surface area (TPSA) is 94.4 Å². The van der Waals surface area contributed by atoms with Crippen LogP contribution >= 0.6 is 11.3 Å². The summed E-state index contributed by atoms with van der Waals surface area (Å²) in [5, 5.41) is 14.8. The van der Waals surface area contributed by atoms with Crippen molar-refractivity contribution in [2.75, 3.05) is 11.9 Å². The molecule has 150 valence electrons. The van der Waals surface area contributed by atoms with Gasteiger partial charge in [0, 0.05) is 18.2 Å². The van der Waals surface area contributed by atoms with Gasteiger partial charge in [-0.25, -0.2) is 4.98 Å². The minimum atomic E-state index is -0.544. The van der Waals surface area contributed by atoms with E-state index in [2.05, 4.69) is 16.4 Å². The van der Waals surface area contributed by atoms with Crippen LogP contribution in [0.1, 0.15) is 10.6 Å². The van der Waals surface area contributed by atoms with Crippen LogP contribution in [0.25, 0.3) is 10.2 Å². The van der Waals surface area contributed by atoms with Gasteiger partial charge >= 0.3 is 5.69 Å². The van der Waals surface area contributed by atoms with E-state index in [0.29, 0.717) is 12.1 Å². The molecule has 1 amide bonds. The summed E-state index contributed by atoms with van der Waals surface area (Å²) in [6, 6.07) is 21.5. The Labute approximate surface area is 176 Å². The number of fused-ring (bicyclic) bond motifs is 1. The van der Waals surface area contributed by atoms with E-state index in [1.54, 1.807) is 23.5 Å². The van der Waals surface area contributed by atoms with Gasteiger partial charge in [-0.15, -0.1) is 11.3 Å². The molecule has 0 aliphatic heterocycles. The lowest BCUT2D eigenvalue weighted by atomic mass is 10.1. The van der Waals surface area contributed by atoms with Crippen molar-refractivity contribution in [3.05, 3.63) is 93.5 Å². The molecule has 0 atom stereocenters. The standard InChI is InChI=1S/C22H17N3O4S/c26-21(14-29-19-7-3-2-6-18(19)25(27)28)23-16-11-9-15(10-12-16)13-22-24-17-5-1-4-8-20(17)30-22/h1-12H,13-14H2,(H,23,26). The van der Waals surface area contributed by atoms with Crippen LogP contribution in [0.3, 0.4) is 0 Å². The van der Waals surface area contributed by atoms with Crippen LogP contribution in [0.5, 0.6) is 5.75 Å². The predicted molar refractivity (Wildman–Crippen MR) is 116 cm³/mol. The molecule has 0 aliphatic carbocycles. The molecule has 3 aromatic carbocycles. The van der Waals surface area contributed by atoms with Gasteiger partial charge in [0.2, 0.25) is 0 Å². The highest BCUT2D eigenvalue weighted by Gasteiger charge is 2.15. The first-order valence-corrected chi connectivity index (χ1v) is 9.99. The third kappa shape index (κ3) is 4.61. The fraction of sp³-hybridized carbons (Fsp3) is 0.0909. The van der Waals surface area contributed by atoms with Crippen LogP contribution in [0.15, 0.2) is 72.8 Å². The van der Waals surface area contributed by atoms with Crippen molar-refractivity contribution in [3.8, 4) is 5.75 Å². The molecule has 0 spiro atoms. The number of anilines is 1. The molecule has 0 fully saturated rings. The molecule has 0 radical (unpaired) electrons. The van der Waals surface area contributed by atoms with Crippen LogP contribution in [0.2, 0.25) is 0 Å². The Kier molecular flexibility index (Phi) is 5.67. The zero-order valence-electron chi connectivity index (χ0n) is 15.8. The van der Waals surface area contributed by atoms with Gasteiger partial charge in [-0.05, 0) is 35.9 Å². The molecule has 0 unspecified atom stereocenters. The maximum Gasteiger partial charge on any atom is 0.310 e. The summed E-state index contributed by atoms with van der Waals surface area (Å²) in [6.45, 7) is -0.321. The number of nitrogens with one attached hydrogen (secondary N) is 1. The van der Waals surface area contributed by atoms with Crippen LogP contribution < -0.4 is 10.1 Å². The maximum absolute atomic E-state index is 12.1. The highest BCUT2D eigenvalue weighted by molar-refractivity contribution is 7.18. The average Bonchev–Trinajstić information content (AvgIpc) is 3.16.